The molecular weight excluding hydrogens is 282 g/mol. The van der Waals surface area contributed by atoms with Gasteiger partial charge in [-0.25, -0.2) is 4.79 Å². The number of fused-ring (bicyclic) bond motifs is 3. The lowest BCUT2D eigenvalue weighted by Crippen LogP contribution is -2.28. The summed E-state index contributed by atoms with van der Waals surface area (Å²) in [6.07, 6.45) is 7.98. The van der Waals surface area contributed by atoms with E-state index in [0.717, 1.165) is 24.3 Å². The van der Waals surface area contributed by atoms with E-state index in [2.05, 4.69) is 14.5 Å². The van der Waals surface area contributed by atoms with Crippen LogP contribution in [0.15, 0.2) is 15.8 Å². The largest absolute Gasteiger partial charge is 0.329 e. The second-order valence-corrected chi connectivity index (χ2v) is 6.20. The van der Waals surface area contributed by atoms with Crippen molar-refractivity contribution in [3.05, 3.63) is 32.7 Å². The number of hydrogen-bond acceptors (Lipinski definition) is 3. The molecular formula is C15H19N5O2. The molecule has 1 saturated carbocycles. The zero-order valence-electron chi connectivity index (χ0n) is 12.8. The van der Waals surface area contributed by atoms with Crippen LogP contribution in [-0.2, 0) is 7.05 Å². The number of imidazole rings is 2. The van der Waals surface area contributed by atoms with Gasteiger partial charge in [0.1, 0.15) is 0 Å². The summed E-state index contributed by atoms with van der Waals surface area (Å²) in [5.41, 5.74) is 1.17. The highest BCUT2D eigenvalue weighted by molar-refractivity contribution is 5.75. The number of nitrogens with one attached hydrogen (secondary N) is 1. The molecule has 0 aliphatic heterocycles. The number of aromatic nitrogens is 5. The monoisotopic (exact) mass is 301 g/mol. The first-order valence-electron chi connectivity index (χ1n) is 7.77. The number of aromatic amines is 1. The smallest absolute Gasteiger partial charge is 0.311 e. The van der Waals surface area contributed by atoms with Crippen molar-refractivity contribution in [2.75, 3.05) is 0 Å². The molecule has 3 aromatic heterocycles. The van der Waals surface area contributed by atoms with Crippen molar-refractivity contribution < 1.29 is 0 Å². The van der Waals surface area contributed by atoms with E-state index in [-0.39, 0.29) is 5.56 Å². The summed E-state index contributed by atoms with van der Waals surface area (Å²) in [4.78, 5) is 30.9. The minimum Gasteiger partial charge on any atom is -0.311 e. The molecule has 0 atom stereocenters. The van der Waals surface area contributed by atoms with E-state index in [1.807, 2.05) is 17.5 Å². The molecule has 0 radical (unpaired) electrons. The second-order valence-electron chi connectivity index (χ2n) is 6.20. The maximum absolute atomic E-state index is 12.2. The minimum absolute atomic E-state index is 0.383. The predicted molar refractivity (Wildman–Crippen MR) is 83.4 cm³/mol. The molecule has 116 valence electrons. The fourth-order valence-electron chi connectivity index (χ4n) is 3.68. The highest BCUT2D eigenvalue weighted by Crippen LogP contribution is 2.31. The third-order valence-corrected chi connectivity index (χ3v) is 4.78. The molecule has 1 aliphatic rings. The molecule has 0 amide bonds. The Morgan fingerprint density at radius 2 is 1.95 bits per heavy atom. The van der Waals surface area contributed by atoms with Crippen molar-refractivity contribution in [3.8, 4) is 0 Å². The fourth-order valence-corrected chi connectivity index (χ4v) is 3.68. The lowest BCUT2D eigenvalue weighted by atomic mass is 9.95. The molecule has 4 rings (SSSR count). The summed E-state index contributed by atoms with van der Waals surface area (Å²) < 4.78 is 5.44. The number of H-pyrrole nitrogens is 1. The Kier molecular flexibility index (Phi) is 2.79. The molecule has 0 saturated heterocycles. The lowest BCUT2D eigenvalue weighted by Gasteiger charge is -2.24. The highest BCUT2D eigenvalue weighted by Gasteiger charge is 2.23. The Bertz CT molecular complexity index is 981. The molecule has 7 heteroatoms. The summed E-state index contributed by atoms with van der Waals surface area (Å²) in [5.74, 6) is 0.756. The Balaban J connectivity index is 2.07. The molecule has 0 spiro atoms. The van der Waals surface area contributed by atoms with Crippen molar-refractivity contribution in [1.29, 1.82) is 0 Å². The minimum atomic E-state index is -0.431. The van der Waals surface area contributed by atoms with Crippen molar-refractivity contribution in [2.45, 2.75) is 45.1 Å². The van der Waals surface area contributed by atoms with E-state index in [1.165, 1.54) is 23.8 Å². The maximum Gasteiger partial charge on any atom is 0.329 e. The van der Waals surface area contributed by atoms with Crippen LogP contribution in [0.3, 0.4) is 0 Å². The number of rotatable bonds is 1. The van der Waals surface area contributed by atoms with Gasteiger partial charge in [0.25, 0.3) is 5.56 Å². The van der Waals surface area contributed by atoms with Crippen LogP contribution in [0, 0.1) is 6.92 Å². The van der Waals surface area contributed by atoms with Crippen LogP contribution < -0.4 is 11.2 Å². The van der Waals surface area contributed by atoms with Gasteiger partial charge in [-0.3, -0.25) is 18.7 Å². The Hall–Kier alpha value is -2.31. The summed E-state index contributed by atoms with van der Waals surface area (Å²) in [5, 5.41) is 0. The molecule has 1 N–H and O–H groups in total. The van der Waals surface area contributed by atoms with E-state index >= 15 is 0 Å². The van der Waals surface area contributed by atoms with E-state index in [4.69, 9.17) is 0 Å². The zero-order chi connectivity index (χ0) is 15.4. The van der Waals surface area contributed by atoms with Gasteiger partial charge in [-0.1, -0.05) is 19.3 Å². The first kappa shape index (κ1) is 13.4. The Morgan fingerprint density at radius 1 is 1.23 bits per heavy atom. The average Bonchev–Trinajstić information content (AvgIpc) is 3.00. The fraction of sp³-hybridized carbons (Fsp3) is 0.533. The molecule has 0 unspecified atom stereocenters. The van der Waals surface area contributed by atoms with E-state index in [0.29, 0.717) is 17.2 Å². The van der Waals surface area contributed by atoms with Crippen LogP contribution in [0.5, 0.6) is 0 Å². The van der Waals surface area contributed by atoms with E-state index in [1.54, 1.807) is 7.05 Å². The van der Waals surface area contributed by atoms with Crippen LogP contribution in [0.25, 0.3) is 16.9 Å². The topological polar surface area (TPSA) is 77.1 Å². The third kappa shape index (κ3) is 1.71. The molecule has 7 nitrogen and oxygen atoms in total. The molecule has 1 aliphatic carbocycles. The second kappa shape index (κ2) is 4.59. The Labute approximate surface area is 126 Å². The summed E-state index contributed by atoms with van der Waals surface area (Å²) >= 11 is 0. The summed E-state index contributed by atoms with van der Waals surface area (Å²) in [6, 6.07) is 0.430. The molecule has 22 heavy (non-hydrogen) atoms. The predicted octanol–water partition coefficient (Wildman–Crippen LogP) is 1.49. The molecule has 0 aromatic carbocycles. The maximum atomic E-state index is 12.2. The van der Waals surface area contributed by atoms with Crippen LogP contribution in [0.4, 0.5) is 0 Å². The van der Waals surface area contributed by atoms with Gasteiger partial charge in [0.05, 0.1) is 0 Å². The van der Waals surface area contributed by atoms with Gasteiger partial charge in [-0.15, -0.1) is 0 Å². The number of hydrogen-bond donors (Lipinski definition) is 1. The van der Waals surface area contributed by atoms with Crippen molar-refractivity contribution in [2.24, 2.45) is 7.05 Å². The number of aryl methyl sites for hydroxylation is 2. The van der Waals surface area contributed by atoms with E-state index < -0.39 is 5.69 Å². The van der Waals surface area contributed by atoms with Gasteiger partial charge in [0.2, 0.25) is 5.78 Å². The van der Waals surface area contributed by atoms with Gasteiger partial charge < -0.3 is 4.57 Å². The van der Waals surface area contributed by atoms with Crippen LogP contribution in [-0.4, -0.2) is 23.5 Å². The molecule has 3 aromatic rings. The number of nitrogens with zero attached hydrogens (tertiary/aromatic N) is 4. The quantitative estimate of drug-likeness (QED) is 0.739. The van der Waals surface area contributed by atoms with Crippen molar-refractivity contribution in [1.82, 2.24) is 23.5 Å². The normalized spacial score (nSPS) is 16.8. The van der Waals surface area contributed by atoms with Gasteiger partial charge in [-0.05, 0) is 19.8 Å². The summed E-state index contributed by atoms with van der Waals surface area (Å²) in [7, 11) is 1.63. The lowest BCUT2D eigenvalue weighted by molar-refractivity contribution is 0.355. The van der Waals surface area contributed by atoms with Crippen LogP contribution >= 0.6 is 0 Å². The summed E-state index contributed by atoms with van der Waals surface area (Å²) in [6.45, 7) is 2.05. The highest BCUT2D eigenvalue weighted by atomic mass is 16.2. The van der Waals surface area contributed by atoms with Crippen LogP contribution in [0.2, 0.25) is 0 Å². The average molecular weight is 301 g/mol. The molecule has 0 bridgehead atoms. The SMILES string of the molecule is Cc1cn2c3c(=O)[nH]c(=O)n(C)c3nc2n1C1CCCCC1. The Morgan fingerprint density at radius 3 is 2.68 bits per heavy atom. The van der Waals surface area contributed by atoms with Gasteiger partial charge in [0, 0.05) is 25.0 Å². The standard InChI is InChI=1S/C15H19N5O2/c1-9-8-19-11-12(18(2)15(22)17-13(11)21)16-14(19)20(9)10-6-4-3-5-7-10/h8,10H,3-7H2,1-2H3,(H,17,21,22). The molecule has 1 fully saturated rings. The first-order chi connectivity index (χ1) is 10.6. The van der Waals surface area contributed by atoms with Crippen LogP contribution in [0.1, 0.15) is 43.8 Å². The van der Waals surface area contributed by atoms with Gasteiger partial charge in [0.15, 0.2) is 11.2 Å². The van der Waals surface area contributed by atoms with Crippen molar-refractivity contribution in [3.63, 3.8) is 0 Å². The zero-order valence-corrected chi connectivity index (χ0v) is 12.8. The first-order valence-corrected chi connectivity index (χ1v) is 7.77. The van der Waals surface area contributed by atoms with Gasteiger partial charge in [-0.2, -0.15) is 4.98 Å². The molecule has 3 heterocycles. The van der Waals surface area contributed by atoms with E-state index in [9.17, 15) is 9.59 Å². The van der Waals surface area contributed by atoms with Crippen molar-refractivity contribution >= 4 is 16.9 Å². The third-order valence-electron chi connectivity index (χ3n) is 4.78. The van der Waals surface area contributed by atoms with Gasteiger partial charge >= 0.3 is 5.69 Å².